The lowest BCUT2D eigenvalue weighted by atomic mass is 10.1. The minimum Gasteiger partial charge on any atom is -0.495 e. The molecule has 15 heavy (non-hydrogen) atoms. The maximum Gasteiger partial charge on any atom is 0.135 e. The molecular formula is C12H12O2S. The lowest BCUT2D eigenvalue weighted by Crippen LogP contribution is -1.95. The van der Waals surface area contributed by atoms with Crippen LogP contribution >= 0.6 is 0 Å². The van der Waals surface area contributed by atoms with Gasteiger partial charge in [-0.05, 0) is 11.5 Å². The molecule has 1 atom stereocenters. The topological polar surface area (TPSA) is 26.3 Å². The molecule has 0 heterocycles. The van der Waals surface area contributed by atoms with Crippen molar-refractivity contribution < 1.29 is 8.95 Å². The van der Waals surface area contributed by atoms with Crippen molar-refractivity contribution in [2.24, 2.45) is 0 Å². The fraction of sp³-hybridized carbons (Fsp3) is 0.167. The van der Waals surface area contributed by atoms with E-state index < -0.39 is 10.8 Å². The maximum atomic E-state index is 11.7. The van der Waals surface area contributed by atoms with Gasteiger partial charge in [0.15, 0.2) is 0 Å². The third-order valence-corrected chi connectivity index (χ3v) is 3.35. The largest absolute Gasteiger partial charge is 0.495 e. The van der Waals surface area contributed by atoms with Crippen LogP contribution in [0.2, 0.25) is 0 Å². The third kappa shape index (κ3) is 1.75. The summed E-state index contributed by atoms with van der Waals surface area (Å²) >= 11 is 0. The quantitative estimate of drug-likeness (QED) is 0.777. The molecule has 0 radical (unpaired) electrons. The second kappa shape index (κ2) is 4.03. The molecule has 2 aromatic carbocycles. The van der Waals surface area contributed by atoms with Crippen LogP contribution in [0.1, 0.15) is 0 Å². The molecule has 2 rings (SSSR count). The number of ether oxygens (including phenoxy) is 1. The van der Waals surface area contributed by atoms with E-state index in [0.29, 0.717) is 5.75 Å². The average Bonchev–Trinajstić information content (AvgIpc) is 2.27. The molecule has 0 aliphatic heterocycles. The zero-order valence-corrected chi connectivity index (χ0v) is 9.51. The van der Waals surface area contributed by atoms with Gasteiger partial charge in [0, 0.05) is 11.6 Å². The summed E-state index contributed by atoms with van der Waals surface area (Å²) < 4.78 is 16.9. The predicted molar refractivity (Wildman–Crippen MR) is 62.8 cm³/mol. The number of benzene rings is 2. The van der Waals surface area contributed by atoms with Crippen molar-refractivity contribution in [1.82, 2.24) is 0 Å². The summed E-state index contributed by atoms with van der Waals surface area (Å²) in [6.07, 6.45) is 1.67. The molecule has 0 spiro atoms. The zero-order valence-electron chi connectivity index (χ0n) is 8.69. The van der Waals surface area contributed by atoms with Gasteiger partial charge in [0.1, 0.15) is 5.75 Å². The van der Waals surface area contributed by atoms with Crippen LogP contribution in [0.4, 0.5) is 0 Å². The first kappa shape index (κ1) is 10.2. The standard InChI is InChI=1S/C12H12O2S/c1-14-11-8-7-9-5-3-4-6-10(9)12(11)15(2)13/h3-8H,1-2H3/t15-/m1/s1. The van der Waals surface area contributed by atoms with Gasteiger partial charge in [0.25, 0.3) is 0 Å². The highest BCUT2D eigenvalue weighted by atomic mass is 32.2. The SMILES string of the molecule is COc1ccc2ccccc2c1[S@@](C)=O. The Morgan fingerprint density at radius 2 is 1.87 bits per heavy atom. The second-order valence-electron chi connectivity index (χ2n) is 3.27. The first-order chi connectivity index (χ1) is 7.24. The summed E-state index contributed by atoms with van der Waals surface area (Å²) in [6, 6.07) is 11.7. The van der Waals surface area contributed by atoms with Gasteiger partial charge in [-0.15, -0.1) is 0 Å². The molecule has 0 aliphatic rings. The summed E-state index contributed by atoms with van der Waals surface area (Å²) in [4.78, 5) is 0.774. The Morgan fingerprint density at radius 3 is 2.53 bits per heavy atom. The molecule has 2 aromatic rings. The average molecular weight is 220 g/mol. The van der Waals surface area contributed by atoms with Gasteiger partial charge in [-0.1, -0.05) is 30.3 Å². The first-order valence-corrected chi connectivity index (χ1v) is 6.19. The van der Waals surface area contributed by atoms with Crippen molar-refractivity contribution in [2.45, 2.75) is 4.90 Å². The second-order valence-corrected chi connectivity index (χ2v) is 4.59. The van der Waals surface area contributed by atoms with Gasteiger partial charge in [-0.25, -0.2) is 0 Å². The number of hydrogen-bond acceptors (Lipinski definition) is 2. The summed E-state index contributed by atoms with van der Waals surface area (Å²) in [5.41, 5.74) is 0. The maximum absolute atomic E-state index is 11.7. The molecule has 78 valence electrons. The highest BCUT2D eigenvalue weighted by molar-refractivity contribution is 7.84. The van der Waals surface area contributed by atoms with Crippen LogP contribution in [0, 0.1) is 0 Å². The van der Waals surface area contributed by atoms with E-state index in [0.717, 1.165) is 15.7 Å². The van der Waals surface area contributed by atoms with Crippen LogP contribution in [-0.4, -0.2) is 17.6 Å². The molecule has 0 aromatic heterocycles. The minimum atomic E-state index is -1.04. The number of fused-ring (bicyclic) bond motifs is 1. The van der Waals surface area contributed by atoms with Crippen molar-refractivity contribution in [3.05, 3.63) is 36.4 Å². The number of rotatable bonds is 2. The molecule has 3 heteroatoms. The molecule has 0 fully saturated rings. The highest BCUT2D eigenvalue weighted by Crippen LogP contribution is 2.30. The van der Waals surface area contributed by atoms with E-state index in [4.69, 9.17) is 4.74 Å². The summed E-state index contributed by atoms with van der Waals surface area (Å²) in [5, 5.41) is 2.08. The molecule has 0 saturated carbocycles. The van der Waals surface area contributed by atoms with Crippen LogP contribution in [0.5, 0.6) is 5.75 Å². The number of methoxy groups -OCH3 is 1. The fourth-order valence-electron chi connectivity index (χ4n) is 1.68. The van der Waals surface area contributed by atoms with E-state index in [9.17, 15) is 4.21 Å². The van der Waals surface area contributed by atoms with Crippen LogP contribution in [-0.2, 0) is 10.8 Å². The van der Waals surface area contributed by atoms with Crippen LogP contribution in [0.3, 0.4) is 0 Å². The Kier molecular flexibility index (Phi) is 2.73. The first-order valence-electron chi connectivity index (χ1n) is 4.63. The Balaban J connectivity index is 2.85. The monoisotopic (exact) mass is 220 g/mol. The van der Waals surface area contributed by atoms with E-state index in [1.807, 2.05) is 36.4 Å². The molecule has 0 amide bonds. The van der Waals surface area contributed by atoms with Gasteiger partial charge in [-0.3, -0.25) is 4.21 Å². The van der Waals surface area contributed by atoms with Gasteiger partial charge in [0.2, 0.25) is 0 Å². The lowest BCUT2D eigenvalue weighted by Gasteiger charge is -2.09. The summed E-state index contributed by atoms with van der Waals surface area (Å²) in [6.45, 7) is 0. The van der Waals surface area contributed by atoms with Crippen molar-refractivity contribution in [2.75, 3.05) is 13.4 Å². The van der Waals surface area contributed by atoms with Crippen molar-refractivity contribution in [3.8, 4) is 5.75 Å². The molecule has 0 bridgehead atoms. The fourth-order valence-corrected chi connectivity index (χ4v) is 2.61. The Hall–Kier alpha value is -1.35. The highest BCUT2D eigenvalue weighted by Gasteiger charge is 2.10. The van der Waals surface area contributed by atoms with E-state index in [-0.39, 0.29) is 0 Å². The van der Waals surface area contributed by atoms with E-state index in [1.54, 1.807) is 13.4 Å². The normalized spacial score (nSPS) is 12.7. The van der Waals surface area contributed by atoms with Crippen molar-refractivity contribution in [1.29, 1.82) is 0 Å². The molecule has 0 unspecified atom stereocenters. The summed E-state index contributed by atoms with van der Waals surface area (Å²) in [7, 11) is 0.558. The molecule has 0 N–H and O–H groups in total. The lowest BCUT2D eigenvalue weighted by molar-refractivity contribution is 0.405. The van der Waals surface area contributed by atoms with Crippen molar-refractivity contribution in [3.63, 3.8) is 0 Å². The zero-order chi connectivity index (χ0) is 10.8. The van der Waals surface area contributed by atoms with Gasteiger partial charge >= 0.3 is 0 Å². The van der Waals surface area contributed by atoms with Gasteiger partial charge in [0.05, 0.1) is 22.8 Å². The molecular weight excluding hydrogens is 208 g/mol. The van der Waals surface area contributed by atoms with E-state index in [2.05, 4.69) is 0 Å². The van der Waals surface area contributed by atoms with Crippen LogP contribution in [0.15, 0.2) is 41.3 Å². The smallest absolute Gasteiger partial charge is 0.135 e. The molecule has 0 saturated heterocycles. The molecule has 0 aliphatic carbocycles. The van der Waals surface area contributed by atoms with Crippen LogP contribution < -0.4 is 4.74 Å². The Labute approximate surface area is 91.3 Å². The molecule has 2 nitrogen and oxygen atoms in total. The third-order valence-electron chi connectivity index (χ3n) is 2.35. The Morgan fingerprint density at radius 1 is 1.13 bits per heavy atom. The van der Waals surface area contributed by atoms with Crippen LogP contribution in [0.25, 0.3) is 10.8 Å². The van der Waals surface area contributed by atoms with E-state index in [1.165, 1.54) is 0 Å². The minimum absolute atomic E-state index is 0.689. The van der Waals surface area contributed by atoms with Gasteiger partial charge < -0.3 is 4.74 Å². The predicted octanol–water partition coefficient (Wildman–Crippen LogP) is 2.59. The summed E-state index contributed by atoms with van der Waals surface area (Å²) in [5.74, 6) is 0.689. The number of hydrogen-bond donors (Lipinski definition) is 0. The van der Waals surface area contributed by atoms with Gasteiger partial charge in [-0.2, -0.15) is 0 Å². The Bertz CT molecular complexity index is 520. The van der Waals surface area contributed by atoms with Crippen molar-refractivity contribution >= 4 is 21.6 Å². The van der Waals surface area contributed by atoms with E-state index >= 15 is 0 Å².